The number of hydrogen-bond acceptors (Lipinski definition) is 3. The molecule has 6 heteroatoms. The van der Waals surface area contributed by atoms with E-state index in [-0.39, 0.29) is 23.6 Å². The molecule has 0 spiro atoms. The Hall–Kier alpha value is -3.15. The summed E-state index contributed by atoms with van der Waals surface area (Å²) in [4.78, 5) is 28.7. The summed E-state index contributed by atoms with van der Waals surface area (Å²) >= 11 is 0. The molecule has 0 aliphatic heterocycles. The molecule has 2 N–H and O–H groups in total. The lowest BCUT2D eigenvalue weighted by molar-refractivity contribution is 0.0696. The van der Waals surface area contributed by atoms with Crippen LogP contribution < -0.4 is 5.32 Å². The standard InChI is InChI=1S/C21H23N3O3/c1-12(2)24-18-8-6-5-7-17(18)23-19(24)14(4)22-20(25)15-9-13(3)10-16(11-15)21(26)27/h5-12,14H,1-4H3,(H,22,25)(H,26,27). The maximum atomic E-state index is 12.7. The predicted molar refractivity (Wildman–Crippen MR) is 104 cm³/mol. The molecule has 6 nitrogen and oxygen atoms in total. The third-order valence-electron chi connectivity index (χ3n) is 4.46. The van der Waals surface area contributed by atoms with Crippen molar-refractivity contribution in [2.75, 3.05) is 0 Å². The number of carbonyl (C=O) groups is 2. The van der Waals surface area contributed by atoms with E-state index < -0.39 is 5.97 Å². The number of carbonyl (C=O) groups excluding carboxylic acids is 1. The lowest BCUT2D eigenvalue weighted by atomic mass is 10.1. The van der Waals surface area contributed by atoms with Gasteiger partial charge in [0.15, 0.2) is 0 Å². The summed E-state index contributed by atoms with van der Waals surface area (Å²) in [7, 11) is 0. The van der Waals surface area contributed by atoms with Crippen molar-refractivity contribution in [2.24, 2.45) is 0 Å². The minimum atomic E-state index is -1.05. The first-order valence-electron chi connectivity index (χ1n) is 8.90. The van der Waals surface area contributed by atoms with Crippen LogP contribution in [0.25, 0.3) is 11.0 Å². The molecule has 1 aromatic heterocycles. The molecule has 0 aliphatic carbocycles. The van der Waals surface area contributed by atoms with Gasteiger partial charge in [-0.05, 0) is 63.6 Å². The lowest BCUT2D eigenvalue weighted by Crippen LogP contribution is -2.29. The molecule has 27 heavy (non-hydrogen) atoms. The summed E-state index contributed by atoms with van der Waals surface area (Å²) in [5.41, 5.74) is 3.05. The van der Waals surface area contributed by atoms with E-state index in [4.69, 9.17) is 4.98 Å². The molecule has 0 aliphatic rings. The van der Waals surface area contributed by atoms with Gasteiger partial charge in [-0.2, -0.15) is 0 Å². The van der Waals surface area contributed by atoms with E-state index in [9.17, 15) is 14.7 Å². The van der Waals surface area contributed by atoms with Gasteiger partial charge in [0.25, 0.3) is 5.91 Å². The molecule has 3 aromatic rings. The van der Waals surface area contributed by atoms with Gasteiger partial charge in [-0.1, -0.05) is 12.1 Å². The van der Waals surface area contributed by atoms with Gasteiger partial charge >= 0.3 is 5.97 Å². The normalized spacial score (nSPS) is 12.3. The Morgan fingerprint density at radius 2 is 1.74 bits per heavy atom. The van der Waals surface area contributed by atoms with Crippen molar-refractivity contribution in [1.82, 2.24) is 14.9 Å². The molecule has 0 fully saturated rings. The van der Waals surface area contributed by atoms with Crippen LogP contribution in [0.15, 0.2) is 42.5 Å². The number of carboxylic acid groups (broad SMARTS) is 1. The fourth-order valence-corrected chi connectivity index (χ4v) is 3.29. The first kappa shape index (κ1) is 18.6. The number of aromatic carboxylic acids is 1. The van der Waals surface area contributed by atoms with Crippen LogP contribution in [-0.4, -0.2) is 26.5 Å². The molecule has 3 rings (SSSR count). The first-order chi connectivity index (χ1) is 12.8. The summed E-state index contributed by atoms with van der Waals surface area (Å²) in [6.07, 6.45) is 0. The van der Waals surface area contributed by atoms with Crippen LogP contribution in [0.3, 0.4) is 0 Å². The molecular weight excluding hydrogens is 342 g/mol. The van der Waals surface area contributed by atoms with Crippen LogP contribution in [0.5, 0.6) is 0 Å². The number of fused-ring (bicyclic) bond motifs is 1. The maximum Gasteiger partial charge on any atom is 0.335 e. The molecule has 1 atom stereocenters. The number of aromatic nitrogens is 2. The van der Waals surface area contributed by atoms with E-state index in [1.165, 1.54) is 6.07 Å². The highest BCUT2D eigenvalue weighted by atomic mass is 16.4. The van der Waals surface area contributed by atoms with Crippen molar-refractivity contribution in [3.8, 4) is 0 Å². The minimum Gasteiger partial charge on any atom is -0.478 e. The summed E-state index contributed by atoms with van der Waals surface area (Å²) in [6.45, 7) is 7.80. The van der Waals surface area contributed by atoms with Crippen molar-refractivity contribution in [1.29, 1.82) is 0 Å². The van der Waals surface area contributed by atoms with Crippen LogP contribution in [0.2, 0.25) is 0 Å². The van der Waals surface area contributed by atoms with Crippen molar-refractivity contribution in [2.45, 2.75) is 39.8 Å². The summed E-state index contributed by atoms with van der Waals surface area (Å²) in [5.74, 6) is -0.607. The highest BCUT2D eigenvalue weighted by molar-refractivity contribution is 5.98. The number of rotatable bonds is 5. The summed E-state index contributed by atoms with van der Waals surface area (Å²) < 4.78 is 2.11. The van der Waals surface area contributed by atoms with Crippen molar-refractivity contribution in [3.05, 3.63) is 65.0 Å². The van der Waals surface area contributed by atoms with Crippen LogP contribution in [0, 0.1) is 6.92 Å². The van der Waals surface area contributed by atoms with E-state index in [1.807, 2.05) is 31.2 Å². The van der Waals surface area contributed by atoms with Crippen LogP contribution in [-0.2, 0) is 0 Å². The molecule has 0 saturated heterocycles. The zero-order valence-corrected chi connectivity index (χ0v) is 15.9. The van der Waals surface area contributed by atoms with Gasteiger partial charge in [0.05, 0.1) is 22.6 Å². The third-order valence-corrected chi connectivity index (χ3v) is 4.46. The Bertz CT molecular complexity index is 1020. The third kappa shape index (κ3) is 3.69. The molecule has 1 amide bonds. The zero-order valence-electron chi connectivity index (χ0n) is 15.9. The number of benzene rings is 2. The van der Waals surface area contributed by atoms with Crippen LogP contribution in [0.4, 0.5) is 0 Å². The van der Waals surface area contributed by atoms with Gasteiger partial charge in [0.2, 0.25) is 0 Å². The van der Waals surface area contributed by atoms with Gasteiger partial charge in [0.1, 0.15) is 5.82 Å². The number of hydrogen-bond donors (Lipinski definition) is 2. The number of nitrogens with zero attached hydrogens (tertiary/aromatic N) is 2. The molecule has 1 unspecified atom stereocenters. The number of amides is 1. The van der Waals surface area contributed by atoms with Crippen LogP contribution >= 0.6 is 0 Å². The monoisotopic (exact) mass is 365 g/mol. The molecule has 2 aromatic carbocycles. The average Bonchev–Trinajstić information content (AvgIpc) is 3.01. The van der Waals surface area contributed by atoms with E-state index in [2.05, 4.69) is 23.7 Å². The Morgan fingerprint density at radius 3 is 2.41 bits per heavy atom. The fraction of sp³-hybridized carbons (Fsp3) is 0.286. The number of aryl methyl sites for hydroxylation is 1. The number of carboxylic acids is 1. The van der Waals surface area contributed by atoms with Crippen molar-refractivity contribution in [3.63, 3.8) is 0 Å². The highest BCUT2D eigenvalue weighted by Crippen LogP contribution is 2.25. The number of nitrogens with one attached hydrogen (secondary N) is 1. The van der Waals surface area contributed by atoms with E-state index in [0.717, 1.165) is 22.4 Å². The second-order valence-electron chi connectivity index (χ2n) is 7.01. The maximum absolute atomic E-state index is 12.7. The van der Waals surface area contributed by atoms with Gasteiger partial charge in [-0.3, -0.25) is 4.79 Å². The smallest absolute Gasteiger partial charge is 0.335 e. The average molecular weight is 365 g/mol. The number of para-hydroxylation sites is 2. The van der Waals surface area contributed by atoms with E-state index in [1.54, 1.807) is 19.1 Å². The predicted octanol–water partition coefficient (Wildman–Crippen LogP) is 4.11. The van der Waals surface area contributed by atoms with E-state index >= 15 is 0 Å². The Kier molecular flexibility index (Phi) is 4.99. The Morgan fingerprint density at radius 1 is 1.07 bits per heavy atom. The van der Waals surface area contributed by atoms with Crippen molar-refractivity contribution >= 4 is 22.9 Å². The largest absolute Gasteiger partial charge is 0.478 e. The lowest BCUT2D eigenvalue weighted by Gasteiger charge is -2.19. The zero-order chi connectivity index (χ0) is 19.7. The molecule has 140 valence electrons. The van der Waals surface area contributed by atoms with Gasteiger partial charge in [-0.25, -0.2) is 9.78 Å². The SMILES string of the molecule is Cc1cc(C(=O)O)cc(C(=O)NC(C)c2nc3ccccc3n2C(C)C)c1. The molecule has 0 saturated carbocycles. The second kappa shape index (κ2) is 7.23. The van der Waals surface area contributed by atoms with Gasteiger partial charge in [0, 0.05) is 11.6 Å². The first-order valence-corrected chi connectivity index (χ1v) is 8.90. The Labute approximate surface area is 157 Å². The van der Waals surface area contributed by atoms with Gasteiger partial charge in [-0.15, -0.1) is 0 Å². The molecule has 0 radical (unpaired) electrons. The highest BCUT2D eigenvalue weighted by Gasteiger charge is 2.21. The topological polar surface area (TPSA) is 84.2 Å². The molecule has 0 bridgehead atoms. The molecule has 1 heterocycles. The van der Waals surface area contributed by atoms with Crippen molar-refractivity contribution < 1.29 is 14.7 Å². The second-order valence-corrected chi connectivity index (χ2v) is 7.01. The van der Waals surface area contributed by atoms with E-state index in [0.29, 0.717) is 5.56 Å². The fourth-order valence-electron chi connectivity index (χ4n) is 3.29. The van der Waals surface area contributed by atoms with Gasteiger partial charge < -0.3 is 15.0 Å². The van der Waals surface area contributed by atoms with Crippen LogP contribution in [0.1, 0.15) is 65.0 Å². The number of imidazole rings is 1. The summed E-state index contributed by atoms with van der Waals surface area (Å²) in [6, 6.07) is 12.3. The minimum absolute atomic E-state index is 0.0993. The quantitative estimate of drug-likeness (QED) is 0.712. The Balaban J connectivity index is 1.93. The summed E-state index contributed by atoms with van der Waals surface area (Å²) in [5, 5.41) is 12.2. The molecular formula is C21H23N3O3.